The summed E-state index contributed by atoms with van der Waals surface area (Å²) in [5.41, 5.74) is 0. The molecule has 0 aliphatic carbocycles. The van der Waals surface area contributed by atoms with Crippen molar-refractivity contribution >= 4 is 45.7 Å². The van der Waals surface area contributed by atoms with Gasteiger partial charge in [0.1, 0.15) is 0 Å². The van der Waals surface area contributed by atoms with Gasteiger partial charge in [0.2, 0.25) is 11.8 Å². The second-order valence-electron chi connectivity index (χ2n) is 2.48. The fraction of sp³-hybridized carbons (Fsp3) is 0.333. The van der Waals surface area contributed by atoms with Gasteiger partial charge in [0.25, 0.3) is 0 Å². The Balaban J connectivity index is 1.98. The molecule has 0 aromatic carbocycles. The number of rotatable bonds is 1. The van der Waals surface area contributed by atoms with E-state index in [4.69, 9.17) is 0 Å². The number of hydrogen-bond acceptors (Lipinski definition) is 6. The predicted molar refractivity (Wildman–Crippen MR) is 56.1 cm³/mol. The molecule has 0 atom stereocenters. The molecule has 0 unspecified atom stereocenters. The van der Waals surface area contributed by atoms with Gasteiger partial charge >= 0.3 is 0 Å². The van der Waals surface area contributed by atoms with E-state index in [1.165, 1.54) is 23.5 Å². The number of thioether (sulfide) groups is 2. The molecule has 2 saturated heterocycles. The van der Waals surface area contributed by atoms with Crippen LogP contribution in [0.15, 0.2) is 10.2 Å². The van der Waals surface area contributed by atoms with Crippen LogP contribution in [-0.4, -0.2) is 33.7 Å². The van der Waals surface area contributed by atoms with Gasteiger partial charge in [0.05, 0.1) is 11.5 Å². The summed E-state index contributed by atoms with van der Waals surface area (Å²) in [6, 6.07) is 0. The molecule has 2 amide bonds. The lowest BCUT2D eigenvalue weighted by Gasteiger charge is -1.92. The van der Waals surface area contributed by atoms with E-state index in [-0.39, 0.29) is 11.8 Å². The van der Waals surface area contributed by atoms with Crippen LogP contribution >= 0.6 is 23.5 Å². The Labute approximate surface area is 88.0 Å². The summed E-state index contributed by atoms with van der Waals surface area (Å²) in [6.07, 6.45) is 0. The summed E-state index contributed by atoms with van der Waals surface area (Å²) in [5.74, 6) is 0.612. The molecule has 2 heterocycles. The summed E-state index contributed by atoms with van der Waals surface area (Å²) in [4.78, 5) is 21.5. The summed E-state index contributed by atoms with van der Waals surface area (Å²) in [6.45, 7) is 0. The minimum atomic E-state index is -0.0722. The molecular weight excluding hydrogens is 224 g/mol. The van der Waals surface area contributed by atoms with E-state index in [1.807, 2.05) is 0 Å². The van der Waals surface area contributed by atoms with Crippen LogP contribution in [0.5, 0.6) is 0 Å². The third kappa shape index (κ3) is 2.26. The molecule has 2 fully saturated rings. The van der Waals surface area contributed by atoms with Crippen molar-refractivity contribution in [3.63, 3.8) is 0 Å². The van der Waals surface area contributed by atoms with Crippen molar-refractivity contribution in [2.75, 3.05) is 11.5 Å². The van der Waals surface area contributed by atoms with Crippen LogP contribution in [0.1, 0.15) is 0 Å². The monoisotopic (exact) mass is 230 g/mol. The van der Waals surface area contributed by atoms with Crippen molar-refractivity contribution in [3.8, 4) is 0 Å². The van der Waals surface area contributed by atoms with E-state index in [0.29, 0.717) is 21.8 Å². The standard InChI is InChI=1S/C6H6N4O2S2/c11-3-1-13-5(7-3)9-10-6-8-4(12)2-14-6/h1-2H2,(H,7,9,11)(H,8,10,12). The summed E-state index contributed by atoms with van der Waals surface area (Å²) in [5, 5.41) is 13.6. The van der Waals surface area contributed by atoms with Gasteiger partial charge in [0, 0.05) is 0 Å². The quantitative estimate of drug-likeness (QED) is 0.586. The average molecular weight is 230 g/mol. The molecule has 0 aromatic rings. The first kappa shape index (κ1) is 9.53. The molecule has 8 heteroatoms. The summed E-state index contributed by atoms with van der Waals surface area (Å²) >= 11 is 2.59. The molecule has 74 valence electrons. The Bertz CT molecular complexity index is 318. The zero-order valence-corrected chi connectivity index (χ0v) is 8.57. The number of nitrogens with one attached hydrogen (secondary N) is 2. The maximum atomic E-state index is 10.8. The highest BCUT2D eigenvalue weighted by atomic mass is 32.2. The number of amides is 2. The van der Waals surface area contributed by atoms with Crippen molar-refractivity contribution in [2.45, 2.75) is 0 Å². The molecule has 6 nitrogen and oxygen atoms in total. The number of carbonyl (C=O) groups excluding carboxylic acids is 2. The molecule has 0 spiro atoms. The Morgan fingerprint density at radius 2 is 1.36 bits per heavy atom. The van der Waals surface area contributed by atoms with Crippen LogP contribution in [0.3, 0.4) is 0 Å². The maximum Gasteiger partial charge on any atom is 0.236 e. The fourth-order valence-electron chi connectivity index (χ4n) is 0.849. The lowest BCUT2D eigenvalue weighted by molar-refractivity contribution is -0.117. The molecule has 0 aromatic heterocycles. The van der Waals surface area contributed by atoms with E-state index in [2.05, 4.69) is 20.8 Å². The van der Waals surface area contributed by atoms with Crippen LogP contribution in [0.2, 0.25) is 0 Å². The molecule has 0 radical (unpaired) electrons. The van der Waals surface area contributed by atoms with Crippen LogP contribution in [0, 0.1) is 0 Å². The van der Waals surface area contributed by atoms with Gasteiger partial charge in [-0.3, -0.25) is 9.59 Å². The smallest absolute Gasteiger partial charge is 0.236 e. The van der Waals surface area contributed by atoms with Gasteiger partial charge in [-0.25, -0.2) is 0 Å². The second-order valence-corrected chi connectivity index (χ2v) is 4.41. The normalized spacial score (nSPS) is 27.1. The van der Waals surface area contributed by atoms with Crippen molar-refractivity contribution in [2.24, 2.45) is 10.2 Å². The second kappa shape index (κ2) is 4.01. The van der Waals surface area contributed by atoms with Crippen molar-refractivity contribution in [1.82, 2.24) is 10.6 Å². The highest BCUT2D eigenvalue weighted by Crippen LogP contribution is 2.11. The first-order valence-corrected chi connectivity index (χ1v) is 5.72. The van der Waals surface area contributed by atoms with Crippen LogP contribution in [-0.2, 0) is 9.59 Å². The Morgan fingerprint density at radius 1 is 0.929 bits per heavy atom. The lowest BCUT2D eigenvalue weighted by atomic mass is 10.7. The fourth-order valence-corrected chi connectivity index (χ4v) is 2.10. The van der Waals surface area contributed by atoms with Gasteiger partial charge in [-0.1, -0.05) is 23.5 Å². The number of carbonyl (C=O) groups is 2. The molecule has 14 heavy (non-hydrogen) atoms. The number of nitrogens with zero attached hydrogens (tertiary/aromatic N) is 2. The highest BCUT2D eigenvalue weighted by Gasteiger charge is 2.18. The zero-order valence-electron chi connectivity index (χ0n) is 6.94. The van der Waals surface area contributed by atoms with E-state index in [0.717, 1.165) is 0 Å². The molecule has 0 bridgehead atoms. The lowest BCUT2D eigenvalue weighted by Crippen LogP contribution is -2.21. The highest BCUT2D eigenvalue weighted by molar-refractivity contribution is 8.15. The van der Waals surface area contributed by atoms with Gasteiger partial charge in [0.15, 0.2) is 10.3 Å². The van der Waals surface area contributed by atoms with Crippen molar-refractivity contribution in [1.29, 1.82) is 0 Å². The number of amidine groups is 2. The molecule has 2 rings (SSSR count). The van der Waals surface area contributed by atoms with Gasteiger partial charge in [-0.2, -0.15) is 0 Å². The van der Waals surface area contributed by atoms with Crippen LogP contribution in [0.25, 0.3) is 0 Å². The molecule has 2 aliphatic rings. The van der Waals surface area contributed by atoms with Gasteiger partial charge in [-0.05, 0) is 0 Å². The SMILES string of the molecule is O=C1CS/C(=N\N=C2\NC(=O)CS2)N1. The minimum absolute atomic E-state index is 0.0722. The summed E-state index contributed by atoms with van der Waals surface area (Å²) < 4.78 is 0. The van der Waals surface area contributed by atoms with E-state index < -0.39 is 0 Å². The Morgan fingerprint density at radius 3 is 1.64 bits per heavy atom. The first-order chi connectivity index (χ1) is 6.74. The van der Waals surface area contributed by atoms with E-state index in [1.54, 1.807) is 0 Å². The van der Waals surface area contributed by atoms with E-state index >= 15 is 0 Å². The van der Waals surface area contributed by atoms with Crippen LogP contribution in [0.4, 0.5) is 0 Å². The molecular formula is C6H6N4O2S2. The Kier molecular flexibility index (Phi) is 2.73. The molecule has 2 N–H and O–H groups in total. The van der Waals surface area contributed by atoms with Crippen LogP contribution < -0.4 is 10.6 Å². The van der Waals surface area contributed by atoms with E-state index in [9.17, 15) is 9.59 Å². The first-order valence-electron chi connectivity index (χ1n) is 3.75. The number of hydrogen-bond donors (Lipinski definition) is 2. The largest absolute Gasteiger partial charge is 0.303 e. The minimum Gasteiger partial charge on any atom is -0.303 e. The molecule has 0 saturated carbocycles. The van der Waals surface area contributed by atoms with Crippen molar-refractivity contribution in [3.05, 3.63) is 0 Å². The third-order valence-electron chi connectivity index (χ3n) is 1.40. The Hall–Kier alpha value is -1.02. The summed E-state index contributed by atoms with van der Waals surface area (Å²) in [7, 11) is 0. The zero-order chi connectivity index (χ0) is 9.97. The molecule has 2 aliphatic heterocycles. The van der Waals surface area contributed by atoms with Crippen molar-refractivity contribution < 1.29 is 9.59 Å². The predicted octanol–water partition coefficient (Wildman–Crippen LogP) is -0.661. The maximum absolute atomic E-state index is 10.8. The third-order valence-corrected chi connectivity index (χ3v) is 3.13. The average Bonchev–Trinajstić information content (AvgIpc) is 2.72. The van der Waals surface area contributed by atoms with Gasteiger partial charge in [-0.15, -0.1) is 10.2 Å². The van der Waals surface area contributed by atoms with Gasteiger partial charge < -0.3 is 10.6 Å². The topological polar surface area (TPSA) is 82.9 Å².